The van der Waals surface area contributed by atoms with E-state index < -0.39 is 4.92 Å². The number of hydrogen-bond acceptors (Lipinski definition) is 5. The predicted octanol–water partition coefficient (Wildman–Crippen LogP) is 1.39. The summed E-state index contributed by atoms with van der Waals surface area (Å²) in [6.07, 6.45) is 1.42. The second-order valence-corrected chi connectivity index (χ2v) is 4.26. The molecule has 1 aliphatic rings. The van der Waals surface area contributed by atoms with E-state index in [9.17, 15) is 15.2 Å². The zero-order valence-corrected chi connectivity index (χ0v) is 9.99. The monoisotopic (exact) mass is 252 g/mol. The van der Waals surface area contributed by atoms with E-state index in [1.54, 1.807) is 12.1 Å². The summed E-state index contributed by atoms with van der Waals surface area (Å²) in [5.74, 6) is 0.484. The molecule has 1 aliphatic heterocycles. The van der Waals surface area contributed by atoms with E-state index in [2.05, 4.69) is 0 Å². The average Bonchev–Trinajstić information content (AvgIpc) is 2.76. The number of non-ortho nitro benzene ring substituents is 1. The summed E-state index contributed by atoms with van der Waals surface area (Å²) in [6, 6.07) is 6.11. The minimum atomic E-state index is -0.447. The van der Waals surface area contributed by atoms with Gasteiger partial charge in [-0.25, -0.2) is 0 Å². The van der Waals surface area contributed by atoms with E-state index in [0.29, 0.717) is 18.9 Å². The summed E-state index contributed by atoms with van der Waals surface area (Å²) in [5.41, 5.74) is 0.0220. The van der Waals surface area contributed by atoms with Crippen molar-refractivity contribution in [3.63, 3.8) is 0 Å². The van der Waals surface area contributed by atoms with Crippen LogP contribution in [0.25, 0.3) is 0 Å². The van der Waals surface area contributed by atoms with Crippen molar-refractivity contribution < 1.29 is 14.8 Å². The molecule has 2 rings (SSSR count). The quantitative estimate of drug-likeness (QED) is 0.633. The molecule has 1 aromatic carbocycles. The fourth-order valence-electron chi connectivity index (χ4n) is 2.04. The normalized spacial score (nSPS) is 19.9. The Kier molecular flexibility index (Phi) is 4.11. The van der Waals surface area contributed by atoms with Crippen molar-refractivity contribution in [1.82, 2.24) is 4.90 Å². The van der Waals surface area contributed by atoms with Gasteiger partial charge in [0.15, 0.2) is 0 Å². The largest absolute Gasteiger partial charge is 0.492 e. The predicted molar refractivity (Wildman–Crippen MR) is 65.4 cm³/mol. The van der Waals surface area contributed by atoms with Crippen LogP contribution in [0.5, 0.6) is 5.75 Å². The van der Waals surface area contributed by atoms with Crippen molar-refractivity contribution in [2.75, 3.05) is 19.7 Å². The van der Waals surface area contributed by atoms with E-state index in [4.69, 9.17) is 4.74 Å². The molecule has 18 heavy (non-hydrogen) atoms. The van der Waals surface area contributed by atoms with Crippen molar-refractivity contribution in [1.29, 1.82) is 0 Å². The molecule has 0 aromatic heterocycles. The Morgan fingerprint density at radius 2 is 2.39 bits per heavy atom. The highest BCUT2D eigenvalue weighted by molar-refractivity contribution is 5.37. The molecule has 1 unspecified atom stereocenters. The van der Waals surface area contributed by atoms with Crippen LogP contribution in [0.2, 0.25) is 0 Å². The Bertz CT molecular complexity index is 424. The van der Waals surface area contributed by atoms with E-state index in [-0.39, 0.29) is 11.9 Å². The number of ether oxygens (including phenoxy) is 1. The van der Waals surface area contributed by atoms with Crippen LogP contribution in [0.15, 0.2) is 24.3 Å². The van der Waals surface area contributed by atoms with Gasteiger partial charge in [-0.1, -0.05) is 6.07 Å². The highest BCUT2D eigenvalue weighted by Crippen LogP contribution is 2.19. The van der Waals surface area contributed by atoms with Gasteiger partial charge >= 0.3 is 0 Å². The molecule has 1 atom stereocenters. The Balaban J connectivity index is 1.83. The molecule has 1 saturated heterocycles. The first-order valence-electron chi connectivity index (χ1n) is 5.96. The zero-order chi connectivity index (χ0) is 13.0. The van der Waals surface area contributed by atoms with Gasteiger partial charge in [0.1, 0.15) is 18.6 Å². The molecular weight excluding hydrogens is 236 g/mol. The van der Waals surface area contributed by atoms with E-state index in [1.165, 1.54) is 12.1 Å². The molecule has 0 amide bonds. The number of aliphatic hydroxyl groups is 1. The van der Waals surface area contributed by atoms with Crippen molar-refractivity contribution in [3.8, 4) is 5.75 Å². The first kappa shape index (κ1) is 12.8. The number of nitro groups is 1. The van der Waals surface area contributed by atoms with Gasteiger partial charge < -0.3 is 9.84 Å². The molecule has 0 spiro atoms. The molecule has 6 nitrogen and oxygen atoms in total. The van der Waals surface area contributed by atoms with Gasteiger partial charge in [-0.3, -0.25) is 15.0 Å². The van der Waals surface area contributed by atoms with E-state index >= 15 is 0 Å². The van der Waals surface area contributed by atoms with E-state index in [1.807, 2.05) is 4.90 Å². The van der Waals surface area contributed by atoms with Crippen molar-refractivity contribution in [2.24, 2.45) is 0 Å². The number of likely N-dealkylation sites (tertiary alicyclic amines) is 1. The van der Waals surface area contributed by atoms with Crippen LogP contribution in [-0.4, -0.2) is 40.9 Å². The van der Waals surface area contributed by atoms with Gasteiger partial charge in [0, 0.05) is 19.2 Å². The lowest BCUT2D eigenvalue weighted by molar-refractivity contribution is -0.384. The Labute approximate surface area is 105 Å². The first-order valence-corrected chi connectivity index (χ1v) is 5.96. The highest BCUT2D eigenvalue weighted by Gasteiger charge is 2.21. The van der Waals surface area contributed by atoms with Crippen LogP contribution in [0, 0.1) is 10.1 Å². The topological polar surface area (TPSA) is 75.8 Å². The summed E-state index contributed by atoms with van der Waals surface area (Å²) in [7, 11) is 0. The third-order valence-electron chi connectivity index (χ3n) is 3.00. The van der Waals surface area contributed by atoms with E-state index in [0.717, 1.165) is 19.4 Å². The van der Waals surface area contributed by atoms with Crippen LogP contribution < -0.4 is 4.74 Å². The van der Waals surface area contributed by atoms with Crippen LogP contribution in [-0.2, 0) is 0 Å². The minimum absolute atomic E-state index is 0.0220. The fraction of sp³-hybridized carbons (Fsp3) is 0.500. The molecule has 6 heteroatoms. The molecule has 1 fully saturated rings. The molecule has 0 saturated carbocycles. The molecule has 1 aromatic rings. The van der Waals surface area contributed by atoms with Crippen molar-refractivity contribution in [3.05, 3.63) is 34.4 Å². The summed E-state index contributed by atoms with van der Waals surface area (Å²) in [6.45, 7) is 1.92. The molecule has 1 heterocycles. The maximum absolute atomic E-state index is 10.6. The third-order valence-corrected chi connectivity index (χ3v) is 3.00. The van der Waals surface area contributed by atoms with Crippen LogP contribution in [0.1, 0.15) is 12.8 Å². The number of hydrogen-bond donors (Lipinski definition) is 1. The van der Waals surface area contributed by atoms with Crippen LogP contribution in [0.3, 0.4) is 0 Å². The van der Waals surface area contributed by atoms with Gasteiger partial charge in [0.2, 0.25) is 0 Å². The lowest BCUT2D eigenvalue weighted by atomic mass is 10.3. The molecule has 0 aliphatic carbocycles. The summed E-state index contributed by atoms with van der Waals surface area (Å²) >= 11 is 0. The molecule has 0 bridgehead atoms. The zero-order valence-electron chi connectivity index (χ0n) is 9.99. The van der Waals surface area contributed by atoms with Gasteiger partial charge in [-0.15, -0.1) is 0 Å². The molecule has 98 valence electrons. The van der Waals surface area contributed by atoms with Gasteiger partial charge in [0.25, 0.3) is 5.69 Å². The van der Waals surface area contributed by atoms with Gasteiger partial charge in [-0.2, -0.15) is 0 Å². The van der Waals surface area contributed by atoms with Crippen LogP contribution in [0.4, 0.5) is 5.69 Å². The number of benzene rings is 1. The van der Waals surface area contributed by atoms with Crippen LogP contribution >= 0.6 is 0 Å². The highest BCUT2D eigenvalue weighted by atomic mass is 16.6. The minimum Gasteiger partial charge on any atom is -0.492 e. The second-order valence-electron chi connectivity index (χ2n) is 4.26. The first-order chi connectivity index (χ1) is 8.66. The van der Waals surface area contributed by atoms with Crippen molar-refractivity contribution in [2.45, 2.75) is 19.1 Å². The van der Waals surface area contributed by atoms with Gasteiger partial charge in [-0.05, 0) is 18.9 Å². The molecule has 1 N–H and O–H groups in total. The lowest BCUT2D eigenvalue weighted by Crippen LogP contribution is -2.32. The maximum Gasteiger partial charge on any atom is 0.273 e. The SMILES string of the molecule is O=[N+]([O-])c1cccc(OCCN2CCCC2O)c1. The van der Waals surface area contributed by atoms with Gasteiger partial charge in [0.05, 0.1) is 11.0 Å². The number of aliphatic hydroxyl groups excluding tert-OH is 1. The fourth-order valence-corrected chi connectivity index (χ4v) is 2.04. The summed E-state index contributed by atoms with van der Waals surface area (Å²) in [4.78, 5) is 12.1. The Morgan fingerprint density at radius 3 is 3.06 bits per heavy atom. The summed E-state index contributed by atoms with van der Waals surface area (Å²) in [5, 5.41) is 20.2. The standard InChI is InChI=1S/C12H16N2O4/c15-12-5-2-6-13(12)7-8-18-11-4-1-3-10(9-11)14(16)17/h1,3-4,9,12,15H,2,5-8H2. The lowest BCUT2D eigenvalue weighted by Gasteiger charge is -2.19. The number of nitro benzene ring substituents is 1. The summed E-state index contributed by atoms with van der Waals surface area (Å²) < 4.78 is 5.45. The third kappa shape index (κ3) is 3.18. The average molecular weight is 252 g/mol. The molecule has 0 radical (unpaired) electrons. The maximum atomic E-state index is 10.6. The smallest absolute Gasteiger partial charge is 0.273 e. The van der Waals surface area contributed by atoms with Crippen molar-refractivity contribution >= 4 is 5.69 Å². The molecular formula is C12H16N2O4. The Hall–Kier alpha value is -1.66. The second kappa shape index (κ2) is 5.79. The number of nitrogens with zero attached hydrogens (tertiary/aromatic N) is 2. The number of rotatable bonds is 5. The Morgan fingerprint density at radius 1 is 1.56 bits per heavy atom.